The van der Waals surface area contributed by atoms with Gasteiger partial charge in [0.2, 0.25) is 11.8 Å². The van der Waals surface area contributed by atoms with Crippen molar-refractivity contribution in [1.29, 1.82) is 0 Å². The minimum Gasteiger partial charge on any atom is -0.383 e. The summed E-state index contributed by atoms with van der Waals surface area (Å²) >= 11 is 0. The van der Waals surface area contributed by atoms with Crippen molar-refractivity contribution in [2.24, 2.45) is 11.8 Å². The Morgan fingerprint density at radius 1 is 1.27 bits per heavy atom. The van der Waals surface area contributed by atoms with Crippen molar-refractivity contribution in [2.75, 3.05) is 26.8 Å². The lowest BCUT2D eigenvalue weighted by atomic mass is 9.76. The van der Waals surface area contributed by atoms with E-state index in [4.69, 9.17) is 4.74 Å². The first kappa shape index (κ1) is 20.4. The number of hydrogen-bond donors (Lipinski definition) is 3. The van der Waals surface area contributed by atoms with E-state index in [0.717, 1.165) is 11.9 Å². The molecular weight excluding hydrogens is 384 g/mol. The number of rotatable bonds is 7. The molecule has 0 radical (unpaired) electrons. The van der Waals surface area contributed by atoms with Crippen molar-refractivity contribution in [3.63, 3.8) is 0 Å². The molecule has 2 aliphatic rings. The molecule has 1 aromatic heterocycles. The number of fused-ring (bicyclic) bond motifs is 2. The zero-order valence-electron chi connectivity index (χ0n) is 17.1. The number of benzene rings is 1. The third-order valence-electron chi connectivity index (χ3n) is 6.25. The third-order valence-corrected chi connectivity index (χ3v) is 6.25. The Balaban J connectivity index is 1.29. The summed E-state index contributed by atoms with van der Waals surface area (Å²) in [6.07, 6.45) is 4.49. The third kappa shape index (κ3) is 4.05. The number of hydrogen-bond acceptors (Lipinski definition) is 4. The van der Waals surface area contributed by atoms with E-state index < -0.39 is 6.03 Å². The average Bonchev–Trinajstić information content (AvgIpc) is 3.16. The Morgan fingerprint density at radius 3 is 2.93 bits per heavy atom. The molecule has 3 atom stereocenters. The topological polar surface area (TPSA) is 104 Å². The molecule has 3 N–H and O–H groups in total. The fraction of sp³-hybridized carbons (Fsp3) is 0.500. The van der Waals surface area contributed by atoms with E-state index in [1.54, 1.807) is 0 Å². The summed E-state index contributed by atoms with van der Waals surface area (Å²) in [4.78, 5) is 42.1. The highest BCUT2D eigenvalue weighted by molar-refractivity contribution is 5.99. The molecule has 8 nitrogen and oxygen atoms in total. The van der Waals surface area contributed by atoms with Gasteiger partial charge in [-0.25, -0.2) is 4.79 Å². The van der Waals surface area contributed by atoms with Crippen LogP contribution in [0.5, 0.6) is 0 Å². The van der Waals surface area contributed by atoms with E-state index in [0.29, 0.717) is 32.4 Å². The zero-order chi connectivity index (χ0) is 21.1. The molecule has 1 saturated carbocycles. The second-order valence-corrected chi connectivity index (χ2v) is 8.06. The highest BCUT2D eigenvalue weighted by Crippen LogP contribution is 2.33. The molecule has 0 spiro atoms. The van der Waals surface area contributed by atoms with E-state index in [2.05, 4.69) is 21.7 Å². The number of carbonyl (C=O) groups is 3. The fourth-order valence-corrected chi connectivity index (χ4v) is 4.60. The van der Waals surface area contributed by atoms with E-state index in [1.807, 2.05) is 24.4 Å². The van der Waals surface area contributed by atoms with Crippen LogP contribution in [0.25, 0.3) is 10.9 Å². The Hall–Kier alpha value is -2.87. The van der Waals surface area contributed by atoms with Gasteiger partial charge in [-0.05, 0) is 37.3 Å². The van der Waals surface area contributed by atoms with Crippen LogP contribution < -0.4 is 10.6 Å². The van der Waals surface area contributed by atoms with Crippen molar-refractivity contribution < 1.29 is 19.1 Å². The molecule has 2 aromatic rings. The molecule has 1 aliphatic heterocycles. The maximum atomic E-state index is 12.7. The Kier molecular flexibility index (Phi) is 6.03. The van der Waals surface area contributed by atoms with Crippen LogP contribution in [0.2, 0.25) is 0 Å². The zero-order valence-corrected chi connectivity index (χ0v) is 17.1. The number of aromatic amines is 1. The van der Waals surface area contributed by atoms with Crippen LogP contribution in [0, 0.1) is 11.8 Å². The number of H-pyrrole nitrogens is 1. The highest BCUT2D eigenvalue weighted by Gasteiger charge is 2.45. The van der Waals surface area contributed by atoms with Crippen molar-refractivity contribution in [3.05, 3.63) is 36.0 Å². The van der Waals surface area contributed by atoms with Crippen LogP contribution in [-0.4, -0.2) is 60.6 Å². The van der Waals surface area contributed by atoms with Crippen molar-refractivity contribution in [1.82, 2.24) is 20.5 Å². The molecule has 30 heavy (non-hydrogen) atoms. The standard InChI is InChI=1S/C22H28N4O4/c1-30-11-10-26-21(28)17-7-6-14(12-19(17)25-22(26)29)20(27)23-9-8-15-13-24-18-5-3-2-4-16(15)18/h2-5,13-14,17,19,24H,6-12H2,1H3,(H,23,27)(H,25,29). The number of urea groups is 1. The molecular formula is C22H28N4O4. The molecule has 1 aromatic carbocycles. The molecule has 160 valence electrons. The number of carbonyl (C=O) groups excluding carboxylic acids is 3. The van der Waals surface area contributed by atoms with Gasteiger partial charge < -0.3 is 20.4 Å². The minimum absolute atomic E-state index is 0.00296. The summed E-state index contributed by atoms with van der Waals surface area (Å²) in [5, 5.41) is 7.12. The Bertz CT molecular complexity index is 940. The number of methoxy groups -OCH3 is 1. The average molecular weight is 412 g/mol. The van der Waals surface area contributed by atoms with E-state index >= 15 is 0 Å². The summed E-state index contributed by atoms with van der Waals surface area (Å²) < 4.78 is 4.98. The second-order valence-electron chi connectivity index (χ2n) is 8.06. The first-order chi connectivity index (χ1) is 14.6. The smallest absolute Gasteiger partial charge is 0.324 e. The van der Waals surface area contributed by atoms with Crippen LogP contribution in [0.3, 0.4) is 0 Å². The summed E-state index contributed by atoms with van der Waals surface area (Å²) in [6.45, 7) is 1.13. The summed E-state index contributed by atoms with van der Waals surface area (Å²) in [7, 11) is 1.54. The lowest BCUT2D eigenvalue weighted by Crippen LogP contribution is -2.62. The highest BCUT2D eigenvalue weighted by atomic mass is 16.5. The maximum Gasteiger partial charge on any atom is 0.324 e. The van der Waals surface area contributed by atoms with Crippen LogP contribution in [0.1, 0.15) is 24.8 Å². The number of imide groups is 1. The SMILES string of the molecule is COCCN1C(=O)NC2CC(C(=O)NCCc3c[nH]c4ccccc34)CCC2C1=O. The van der Waals surface area contributed by atoms with Gasteiger partial charge in [-0.3, -0.25) is 14.5 Å². The fourth-order valence-electron chi connectivity index (χ4n) is 4.60. The van der Waals surface area contributed by atoms with Crippen LogP contribution in [-0.2, 0) is 20.7 Å². The molecule has 1 aliphatic carbocycles. The van der Waals surface area contributed by atoms with Gasteiger partial charge >= 0.3 is 6.03 Å². The van der Waals surface area contributed by atoms with Crippen molar-refractivity contribution >= 4 is 28.7 Å². The van der Waals surface area contributed by atoms with Gasteiger partial charge in [0.15, 0.2) is 0 Å². The van der Waals surface area contributed by atoms with Gasteiger partial charge in [0.25, 0.3) is 0 Å². The molecule has 0 bridgehead atoms. The van der Waals surface area contributed by atoms with Crippen LogP contribution in [0.15, 0.2) is 30.5 Å². The van der Waals surface area contributed by atoms with Crippen molar-refractivity contribution in [2.45, 2.75) is 31.7 Å². The molecule has 3 unspecified atom stereocenters. The lowest BCUT2D eigenvalue weighted by molar-refractivity contribution is -0.139. The monoisotopic (exact) mass is 412 g/mol. The molecule has 4 rings (SSSR count). The Labute approximate surface area is 175 Å². The van der Waals surface area contributed by atoms with Gasteiger partial charge in [0.05, 0.1) is 19.1 Å². The van der Waals surface area contributed by atoms with Crippen molar-refractivity contribution in [3.8, 4) is 0 Å². The largest absolute Gasteiger partial charge is 0.383 e. The Morgan fingerprint density at radius 2 is 2.10 bits per heavy atom. The van der Waals surface area contributed by atoms with Crippen LogP contribution in [0.4, 0.5) is 4.79 Å². The molecule has 2 fully saturated rings. The number of para-hydroxylation sites is 1. The van der Waals surface area contributed by atoms with E-state index in [-0.39, 0.29) is 36.2 Å². The van der Waals surface area contributed by atoms with Crippen LogP contribution >= 0.6 is 0 Å². The summed E-state index contributed by atoms with van der Waals surface area (Å²) in [5.41, 5.74) is 2.27. The predicted octanol–water partition coefficient (Wildman–Crippen LogP) is 1.81. The summed E-state index contributed by atoms with van der Waals surface area (Å²) in [5.74, 6) is -0.599. The molecule has 1 saturated heterocycles. The second kappa shape index (κ2) is 8.87. The molecule has 4 amide bonds. The van der Waals surface area contributed by atoms with E-state index in [9.17, 15) is 14.4 Å². The molecule has 2 heterocycles. The predicted molar refractivity (Wildman–Crippen MR) is 112 cm³/mol. The van der Waals surface area contributed by atoms with Gasteiger partial charge in [-0.1, -0.05) is 18.2 Å². The lowest BCUT2D eigenvalue weighted by Gasteiger charge is -2.41. The first-order valence-corrected chi connectivity index (χ1v) is 10.5. The van der Waals surface area contributed by atoms with Gasteiger partial charge in [0, 0.05) is 42.7 Å². The normalized spacial score (nSPS) is 23.9. The van der Waals surface area contributed by atoms with E-state index in [1.165, 1.54) is 23.0 Å². The number of aromatic nitrogens is 1. The quantitative estimate of drug-likeness (QED) is 0.645. The van der Waals surface area contributed by atoms with Gasteiger partial charge in [0.1, 0.15) is 0 Å². The minimum atomic E-state index is -0.390. The van der Waals surface area contributed by atoms with Gasteiger partial charge in [-0.15, -0.1) is 0 Å². The van der Waals surface area contributed by atoms with Gasteiger partial charge in [-0.2, -0.15) is 0 Å². The summed E-state index contributed by atoms with van der Waals surface area (Å²) in [6, 6.07) is 7.44. The molecule has 8 heteroatoms. The number of ether oxygens (including phenoxy) is 1. The first-order valence-electron chi connectivity index (χ1n) is 10.5. The number of nitrogens with one attached hydrogen (secondary N) is 3. The maximum absolute atomic E-state index is 12.7. The number of amides is 4. The number of nitrogens with zero attached hydrogens (tertiary/aromatic N) is 1.